The van der Waals surface area contributed by atoms with Crippen LogP contribution in [0.4, 0.5) is 11.4 Å². The van der Waals surface area contributed by atoms with Gasteiger partial charge >= 0.3 is 35.5 Å². The maximum atomic E-state index is 11.9. The first kappa shape index (κ1) is 46.3. The van der Waals surface area contributed by atoms with Crippen LogP contribution in [0.15, 0.2) is 168 Å². The second kappa shape index (κ2) is 21.6. The summed E-state index contributed by atoms with van der Waals surface area (Å²) in [5.41, 5.74) is 4.48. The predicted molar refractivity (Wildman–Crippen MR) is 221 cm³/mol. The molecule has 14 heteroatoms. The summed E-state index contributed by atoms with van der Waals surface area (Å²) in [5.74, 6) is -1.07. The van der Waals surface area contributed by atoms with Crippen molar-refractivity contribution in [3.8, 4) is 0 Å². The molecule has 0 amide bonds. The van der Waals surface area contributed by atoms with Crippen LogP contribution in [-0.2, 0) is 55.7 Å². The van der Waals surface area contributed by atoms with E-state index in [1.54, 1.807) is 6.08 Å². The molecule has 6 unspecified atom stereocenters. The summed E-state index contributed by atoms with van der Waals surface area (Å²) in [4.78, 5) is 44.5. The van der Waals surface area contributed by atoms with Gasteiger partial charge in [-0.15, -0.1) is 0 Å². The van der Waals surface area contributed by atoms with E-state index >= 15 is 0 Å². The molecule has 6 atom stereocenters. The average Bonchev–Trinajstić information content (AvgIpc) is 4.05. The van der Waals surface area contributed by atoms with E-state index in [0.29, 0.717) is 37.8 Å². The largest absolute Gasteiger partial charge is 1.00 e. The molecule has 4 aliphatic rings. The van der Waals surface area contributed by atoms with Gasteiger partial charge in [0, 0.05) is 28.1 Å². The van der Waals surface area contributed by atoms with Gasteiger partial charge in [-0.2, -0.15) is 0 Å². The second-order valence-corrected chi connectivity index (χ2v) is 14.3. The molecule has 13 nitrogen and oxygen atoms in total. The zero-order chi connectivity index (χ0) is 41.1. The standard InChI is InChI=1S/C24H23NO5.C23H21NO5.Na.H2O/c26-16-28-14-20-21(15-29-17-27)24(12-11-22(20)30-24)23(13-18-7-3-1-4-8-18)25-19-9-5-2-6-10-19;25-15-28-14-18-21(22(26)27)19-11-12-23(18,29-19)20(13-16-7-3-1-4-8-16)24-17-9-5-2-6-10-17;;/h1-12,16-17,22-23,25H,13-15H2;1-12,15,19-20,24H,13-14H2,(H,26,27);;1H2/q;;+1;/p-1. The summed E-state index contributed by atoms with van der Waals surface area (Å²) < 4.78 is 27.8. The molecule has 0 aromatic heterocycles. The molecule has 4 aromatic carbocycles. The first-order valence-corrected chi connectivity index (χ1v) is 19.2. The van der Waals surface area contributed by atoms with Crippen LogP contribution in [0.1, 0.15) is 11.1 Å². The molecular formula is C47H45N2NaO11. The number of para-hydroxylation sites is 2. The van der Waals surface area contributed by atoms with Gasteiger partial charge in [-0.1, -0.05) is 109 Å². The number of carboxylic acid groups (broad SMARTS) is 1. The molecule has 4 aliphatic heterocycles. The molecule has 0 fully saturated rings. The van der Waals surface area contributed by atoms with Crippen molar-refractivity contribution in [1.82, 2.24) is 0 Å². The fourth-order valence-corrected chi connectivity index (χ4v) is 8.31. The third-order valence-electron chi connectivity index (χ3n) is 10.9. The van der Waals surface area contributed by atoms with Crippen LogP contribution in [0.2, 0.25) is 0 Å². The first-order chi connectivity index (χ1) is 28.9. The van der Waals surface area contributed by atoms with Gasteiger partial charge in [-0.3, -0.25) is 14.4 Å². The number of anilines is 2. The number of fused-ring (bicyclic) bond motifs is 4. The third-order valence-corrected chi connectivity index (χ3v) is 10.9. The molecule has 0 saturated carbocycles. The van der Waals surface area contributed by atoms with Crippen LogP contribution in [-0.4, -0.2) is 91.3 Å². The minimum absolute atomic E-state index is 0. The van der Waals surface area contributed by atoms with E-state index in [2.05, 4.69) is 22.8 Å². The summed E-state index contributed by atoms with van der Waals surface area (Å²) in [6.07, 6.45) is 7.94. The molecule has 0 saturated heterocycles. The van der Waals surface area contributed by atoms with Crippen LogP contribution in [0.25, 0.3) is 0 Å². The van der Waals surface area contributed by atoms with Gasteiger partial charge in [0.1, 0.15) is 43.2 Å². The summed E-state index contributed by atoms with van der Waals surface area (Å²) in [7, 11) is 0. The van der Waals surface area contributed by atoms with Crippen molar-refractivity contribution in [2.45, 2.75) is 48.3 Å². The molecule has 8 rings (SSSR count). The van der Waals surface area contributed by atoms with Gasteiger partial charge in [-0.25, -0.2) is 4.79 Å². The molecule has 61 heavy (non-hydrogen) atoms. The number of aliphatic carboxylic acids is 1. The van der Waals surface area contributed by atoms with Crippen molar-refractivity contribution in [1.29, 1.82) is 0 Å². The Morgan fingerprint density at radius 3 is 1.46 bits per heavy atom. The number of carboxylic acids is 1. The van der Waals surface area contributed by atoms with Crippen molar-refractivity contribution >= 4 is 36.8 Å². The summed E-state index contributed by atoms with van der Waals surface area (Å²) in [6.45, 7) is 1.20. The van der Waals surface area contributed by atoms with E-state index in [1.807, 2.05) is 127 Å². The van der Waals surface area contributed by atoms with Crippen molar-refractivity contribution < 1.29 is 83.0 Å². The Morgan fingerprint density at radius 1 is 0.607 bits per heavy atom. The Labute approximate surface area is 375 Å². The molecule has 0 radical (unpaired) electrons. The van der Waals surface area contributed by atoms with E-state index in [9.17, 15) is 24.3 Å². The Morgan fingerprint density at radius 2 is 1.00 bits per heavy atom. The van der Waals surface area contributed by atoms with Gasteiger partial charge < -0.3 is 44.9 Å². The van der Waals surface area contributed by atoms with Gasteiger partial charge in [0.25, 0.3) is 19.4 Å². The van der Waals surface area contributed by atoms with Crippen LogP contribution in [0.3, 0.4) is 0 Å². The predicted octanol–water partition coefficient (Wildman–Crippen LogP) is 2.86. The van der Waals surface area contributed by atoms with Gasteiger partial charge in [0.15, 0.2) is 0 Å². The molecular weight excluding hydrogens is 792 g/mol. The molecule has 4 aromatic rings. The summed E-state index contributed by atoms with van der Waals surface area (Å²) in [5, 5.41) is 16.9. The Hall–Kier alpha value is -5.80. The number of carbonyl (C=O) groups is 4. The quantitative estimate of drug-likeness (QED) is 0.0511. The Balaban J connectivity index is 0.000000224. The molecule has 0 spiro atoms. The van der Waals surface area contributed by atoms with Crippen LogP contribution in [0, 0.1) is 0 Å². The normalized spacial score (nSPS) is 22.1. The average molecular weight is 837 g/mol. The molecule has 4 N–H and O–H groups in total. The molecule has 4 heterocycles. The number of nitrogens with one attached hydrogen (secondary N) is 2. The molecule has 4 bridgehead atoms. The van der Waals surface area contributed by atoms with Gasteiger partial charge in [0.05, 0.1) is 17.7 Å². The Kier molecular flexibility index (Phi) is 16.4. The number of hydrogen-bond donors (Lipinski definition) is 3. The minimum Gasteiger partial charge on any atom is -0.870 e. The third kappa shape index (κ3) is 10.2. The number of ether oxygens (including phenoxy) is 5. The van der Waals surface area contributed by atoms with Crippen LogP contribution < -0.4 is 40.2 Å². The van der Waals surface area contributed by atoms with Crippen LogP contribution in [0.5, 0.6) is 0 Å². The van der Waals surface area contributed by atoms with E-state index < -0.39 is 23.3 Å². The van der Waals surface area contributed by atoms with E-state index in [1.165, 1.54) is 0 Å². The van der Waals surface area contributed by atoms with Gasteiger partial charge in [-0.05, 0) is 60.4 Å². The zero-order valence-corrected chi connectivity index (χ0v) is 35.5. The first-order valence-electron chi connectivity index (χ1n) is 19.2. The fourth-order valence-electron chi connectivity index (χ4n) is 8.31. The number of carbonyl (C=O) groups excluding carboxylic acids is 3. The van der Waals surface area contributed by atoms with E-state index in [0.717, 1.165) is 33.6 Å². The second-order valence-electron chi connectivity index (χ2n) is 14.3. The number of rotatable bonds is 20. The van der Waals surface area contributed by atoms with Crippen molar-refractivity contribution in [3.63, 3.8) is 0 Å². The zero-order valence-electron chi connectivity index (χ0n) is 33.5. The SMILES string of the molecule is O=COCC1=C(C(=O)O)C2C=CC1(C(Cc1ccccc1)Nc1ccccc1)O2.O=COCC1=C(COC=O)C2(C(Cc3ccccc3)Nc3ccccc3)C=CC1O2.[Na+].[OH-]. The smallest absolute Gasteiger partial charge is 0.870 e. The number of hydrogen-bond acceptors (Lipinski definition) is 12. The minimum atomic E-state index is -1.07. The van der Waals surface area contributed by atoms with E-state index in [-0.39, 0.29) is 78.6 Å². The van der Waals surface area contributed by atoms with Crippen molar-refractivity contribution in [3.05, 3.63) is 179 Å². The summed E-state index contributed by atoms with van der Waals surface area (Å²) in [6, 6.07) is 39.1. The van der Waals surface area contributed by atoms with Gasteiger partial charge in [0.2, 0.25) is 0 Å². The fraction of sp³-hybridized carbons (Fsp3) is 0.234. The molecule has 310 valence electrons. The topological polar surface area (TPSA) is 189 Å². The maximum Gasteiger partial charge on any atom is 1.00 e. The summed E-state index contributed by atoms with van der Waals surface area (Å²) >= 11 is 0. The van der Waals surface area contributed by atoms with Crippen molar-refractivity contribution in [2.24, 2.45) is 0 Å². The van der Waals surface area contributed by atoms with E-state index in [4.69, 9.17) is 23.7 Å². The Bertz CT molecular complexity index is 2140. The van der Waals surface area contributed by atoms with Crippen molar-refractivity contribution in [2.75, 3.05) is 30.5 Å². The molecule has 0 aliphatic carbocycles. The maximum absolute atomic E-state index is 11.9. The number of benzene rings is 4. The monoisotopic (exact) mass is 836 g/mol. The van der Waals surface area contributed by atoms with Crippen LogP contribution >= 0.6 is 0 Å².